The summed E-state index contributed by atoms with van der Waals surface area (Å²) >= 11 is 1.51. The quantitative estimate of drug-likeness (QED) is 0.400. The Morgan fingerprint density at radius 1 is 1.14 bits per heavy atom. The summed E-state index contributed by atoms with van der Waals surface area (Å²) in [5.74, 6) is -1.08. The third kappa shape index (κ3) is 3.05. The van der Waals surface area contributed by atoms with Crippen molar-refractivity contribution in [3.63, 3.8) is 0 Å². The molecule has 3 aromatic rings. The van der Waals surface area contributed by atoms with Crippen molar-refractivity contribution in [3.05, 3.63) is 87.0 Å². The fourth-order valence-electron chi connectivity index (χ4n) is 3.40. The number of likely N-dealkylation sites (tertiary alicyclic amines) is 1. The van der Waals surface area contributed by atoms with Gasteiger partial charge >= 0.3 is 0 Å². The minimum absolute atomic E-state index is 0.0553. The number of ketones is 1. The SMILES string of the molecule is Cc1ccc(/C(O)=C2/C(=O)C(=O)N(Cc3cccs3)C2c2ccco2)cc1C. The average molecular weight is 393 g/mol. The topological polar surface area (TPSA) is 70.8 Å². The van der Waals surface area contributed by atoms with Gasteiger partial charge in [-0.25, -0.2) is 0 Å². The van der Waals surface area contributed by atoms with Gasteiger partial charge in [-0.1, -0.05) is 18.2 Å². The number of furan rings is 1. The molecule has 1 amide bonds. The molecule has 1 unspecified atom stereocenters. The first kappa shape index (κ1) is 18.3. The number of Topliss-reactive ketones (excluding diaryl/α,β-unsaturated/α-hetero) is 1. The maximum absolute atomic E-state index is 12.9. The van der Waals surface area contributed by atoms with Crippen molar-refractivity contribution in [1.82, 2.24) is 4.90 Å². The molecular formula is C22H19NO4S. The molecule has 142 valence electrons. The molecule has 1 atom stereocenters. The minimum Gasteiger partial charge on any atom is -0.507 e. The Bertz CT molecular complexity index is 1060. The first-order valence-corrected chi connectivity index (χ1v) is 9.77. The lowest BCUT2D eigenvalue weighted by Crippen LogP contribution is -2.28. The Labute approximate surface area is 166 Å². The van der Waals surface area contributed by atoms with Crippen molar-refractivity contribution in [1.29, 1.82) is 0 Å². The summed E-state index contributed by atoms with van der Waals surface area (Å²) in [6.45, 7) is 4.19. The van der Waals surface area contributed by atoms with E-state index in [-0.39, 0.29) is 17.9 Å². The number of thiophene rings is 1. The molecule has 0 spiro atoms. The molecular weight excluding hydrogens is 374 g/mol. The second-order valence-corrected chi connectivity index (χ2v) is 7.85. The second kappa shape index (κ2) is 7.13. The number of carbonyl (C=O) groups is 2. The summed E-state index contributed by atoms with van der Waals surface area (Å²) in [5.41, 5.74) is 2.64. The number of rotatable bonds is 4. The third-order valence-corrected chi connectivity index (χ3v) is 5.90. The van der Waals surface area contributed by atoms with Crippen molar-refractivity contribution < 1.29 is 19.1 Å². The molecule has 1 aromatic carbocycles. The van der Waals surface area contributed by atoms with E-state index in [4.69, 9.17) is 4.42 Å². The highest BCUT2D eigenvalue weighted by Gasteiger charge is 2.47. The van der Waals surface area contributed by atoms with Crippen LogP contribution in [0.15, 0.2) is 64.1 Å². The van der Waals surface area contributed by atoms with Gasteiger partial charge in [-0.15, -0.1) is 11.3 Å². The normalized spacial score (nSPS) is 18.8. The summed E-state index contributed by atoms with van der Waals surface area (Å²) in [5, 5.41) is 12.9. The summed E-state index contributed by atoms with van der Waals surface area (Å²) in [6, 6.07) is 11.9. The van der Waals surface area contributed by atoms with E-state index in [1.165, 1.54) is 22.5 Å². The van der Waals surface area contributed by atoms with Gasteiger partial charge in [-0.2, -0.15) is 0 Å². The zero-order chi connectivity index (χ0) is 19.8. The van der Waals surface area contributed by atoms with Gasteiger partial charge in [-0.3, -0.25) is 9.59 Å². The Kier molecular flexibility index (Phi) is 4.65. The van der Waals surface area contributed by atoms with Crippen molar-refractivity contribution in [3.8, 4) is 0 Å². The standard InChI is InChI=1S/C22H19NO4S/c1-13-7-8-15(11-14(13)2)20(24)18-19(17-6-3-9-27-17)23(22(26)21(18)25)12-16-5-4-10-28-16/h3-11,19,24H,12H2,1-2H3/b20-18-. The molecule has 2 aromatic heterocycles. The molecule has 0 aliphatic carbocycles. The molecule has 1 saturated heterocycles. The number of benzene rings is 1. The van der Waals surface area contributed by atoms with Crippen LogP contribution < -0.4 is 0 Å². The Balaban J connectivity index is 1.85. The van der Waals surface area contributed by atoms with Crippen LogP contribution in [0.4, 0.5) is 0 Å². The van der Waals surface area contributed by atoms with E-state index >= 15 is 0 Å². The van der Waals surface area contributed by atoms with Gasteiger partial charge in [0.05, 0.1) is 18.4 Å². The number of carbonyl (C=O) groups excluding carboxylic acids is 2. The van der Waals surface area contributed by atoms with Crippen LogP contribution in [0.1, 0.15) is 33.4 Å². The number of hydrogen-bond donors (Lipinski definition) is 1. The fourth-order valence-corrected chi connectivity index (χ4v) is 4.10. The van der Waals surface area contributed by atoms with Crippen molar-refractivity contribution >= 4 is 28.8 Å². The largest absolute Gasteiger partial charge is 0.507 e. The van der Waals surface area contributed by atoms with Crippen LogP contribution in [0.2, 0.25) is 0 Å². The smallest absolute Gasteiger partial charge is 0.296 e. The summed E-state index contributed by atoms with van der Waals surface area (Å²) in [4.78, 5) is 28.1. The molecule has 0 radical (unpaired) electrons. The Morgan fingerprint density at radius 3 is 2.61 bits per heavy atom. The summed E-state index contributed by atoms with van der Waals surface area (Å²) in [6.07, 6.45) is 1.50. The van der Waals surface area contributed by atoms with Crippen LogP contribution in [-0.2, 0) is 16.1 Å². The van der Waals surface area contributed by atoms with Crippen LogP contribution in [0.3, 0.4) is 0 Å². The fraction of sp³-hybridized carbons (Fsp3) is 0.182. The molecule has 0 bridgehead atoms. The lowest BCUT2D eigenvalue weighted by atomic mass is 9.97. The third-order valence-electron chi connectivity index (χ3n) is 5.04. The van der Waals surface area contributed by atoms with Gasteiger partial charge in [0, 0.05) is 10.4 Å². The highest BCUT2D eigenvalue weighted by molar-refractivity contribution is 7.09. The molecule has 1 aliphatic heterocycles. The molecule has 4 rings (SSSR count). The number of aryl methyl sites for hydroxylation is 2. The lowest BCUT2D eigenvalue weighted by molar-refractivity contribution is -0.140. The van der Waals surface area contributed by atoms with Gasteiger partial charge < -0.3 is 14.4 Å². The van der Waals surface area contributed by atoms with E-state index in [1.807, 2.05) is 43.5 Å². The number of nitrogens with zero attached hydrogens (tertiary/aromatic N) is 1. The van der Waals surface area contributed by atoms with E-state index in [2.05, 4.69) is 0 Å². The predicted octanol–water partition coefficient (Wildman–Crippen LogP) is 4.58. The van der Waals surface area contributed by atoms with E-state index in [0.717, 1.165) is 16.0 Å². The van der Waals surface area contributed by atoms with Crippen LogP contribution in [0.25, 0.3) is 5.76 Å². The average Bonchev–Trinajstić information content (AvgIpc) is 3.42. The Hall–Kier alpha value is -3.12. The van der Waals surface area contributed by atoms with E-state index < -0.39 is 17.7 Å². The van der Waals surface area contributed by atoms with Gasteiger partial charge in [-0.05, 0) is 54.6 Å². The van der Waals surface area contributed by atoms with Gasteiger partial charge in [0.1, 0.15) is 17.6 Å². The van der Waals surface area contributed by atoms with Crippen LogP contribution >= 0.6 is 11.3 Å². The van der Waals surface area contributed by atoms with Crippen molar-refractivity contribution in [2.75, 3.05) is 0 Å². The highest BCUT2D eigenvalue weighted by Crippen LogP contribution is 2.40. The maximum Gasteiger partial charge on any atom is 0.296 e. The lowest BCUT2D eigenvalue weighted by Gasteiger charge is -2.22. The first-order chi connectivity index (χ1) is 13.5. The maximum atomic E-state index is 12.9. The van der Waals surface area contributed by atoms with Gasteiger partial charge in [0.25, 0.3) is 11.7 Å². The van der Waals surface area contributed by atoms with Gasteiger partial charge in [0.2, 0.25) is 0 Å². The van der Waals surface area contributed by atoms with E-state index in [9.17, 15) is 14.7 Å². The molecule has 1 fully saturated rings. The first-order valence-electron chi connectivity index (χ1n) is 8.89. The summed E-state index contributed by atoms with van der Waals surface area (Å²) < 4.78 is 5.53. The van der Waals surface area contributed by atoms with E-state index in [0.29, 0.717) is 11.3 Å². The molecule has 6 heteroatoms. The number of aliphatic hydroxyl groups is 1. The van der Waals surface area contributed by atoms with Crippen molar-refractivity contribution in [2.45, 2.75) is 26.4 Å². The van der Waals surface area contributed by atoms with Crippen LogP contribution in [0.5, 0.6) is 0 Å². The molecule has 28 heavy (non-hydrogen) atoms. The highest BCUT2D eigenvalue weighted by atomic mass is 32.1. The predicted molar refractivity (Wildman–Crippen MR) is 107 cm³/mol. The zero-order valence-electron chi connectivity index (χ0n) is 15.5. The molecule has 0 saturated carbocycles. The minimum atomic E-state index is -0.765. The molecule has 1 N–H and O–H groups in total. The number of aliphatic hydroxyl groups excluding tert-OH is 1. The van der Waals surface area contributed by atoms with Crippen molar-refractivity contribution in [2.24, 2.45) is 0 Å². The number of hydrogen-bond acceptors (Lipinski definition) is 5. The molecule has 3 heterocycles. The van der Waals surface area contributed by atoms with E-state index in [1.54, 1.807) is 18.2 Å². The second-order valence-electron chi connectivity index (χ2n) is 6.82. The van der Waals surface area contributed by atoms with Gasteiger partial charge in [0.15, 0.2) is 0 Å². The van der Waals surface area contributed by atoms with Crippen LogP contribution in [0, 0.1) is 13.8 Å². The number of amides is 1. The zero-order valence-corrected chi connectivity index (χ0v) is 16.3. The van der Waals surface area contributed by atoms with Crippen LogP contribution in [-0.4, -0.2) is 21.7 Å². The molecule has 1 aliphatic rings. The monoisotopic (exact) mass is 393 g/mol. The molecule has 5 nitrogen and oxygen atoms in total. The Morgan fingerprint density at radius 2 is 1.96 bits per heavy atom. The summed E-state index contributed by atoms with van der Waals surface area (Å²) in [7, 11) is 0.